The predicted molar refractivity (Wildman–Crippen MR) is 71.8 cm³/mol. The van der Waals surface area contributed by atoms with Gasteiger partial charge in [0.25, 0.3) is 0 Å². The number of aryl methyl sites for hydroxylation is 1. The Balaban J connectivity index is 2.29. The fourth-order valence-electron chi connectivity index (χ4n) is 1.60. The molecule has 1 aromatic rings. The zero-order valence-electron chi connectivity index (χ0n) is 11.1. The molecule has 0 unspecified atom stereocenters. The van der Waals surface area contributed by atoms with Gasteiger partial charge in [-0.3, -0.25) is 0 Å². The van der Waals surface area contributed by atoms with E-state index in [0.29, 0.717) is 6.54 Å². The molecule has 0 heterocycles. The summed E-state index contributed by atoms with van der Waals surface area (Å²) in [7, 11) is 0. The van der Waals surface area contributed by atoms with Gasteiger partial charge in [0.1, 0.15) is 18.5 Å². The van der Waals surface area contributed by atoms with Crippen LogP contribution in [-0.2, 0) is 0 Å². The van der Waals surface area contributed by atoms with Gasteiger partial charge in [0.05, 0.1) is 6.61 Å². The van der Waals surface area contributed by atoms with Crippen LogP contribution in [0.15, 0.2) is 24.3 Å². The molecule has 0 aromatic heterocycles. The maximum Gasteiger partial charge on any atom is 0.122 e. The van der Waals surface area contributed by atoms with E-state index in [1.165, 1.54) is 0 Å². The van der Waals surface area contributed by atoms with Gasteiger partial charge in [-0.05, 0) is 25.0 Å². The van der Waals surface area contributed by atoms with E-state index < -0.39 is 6.10 Å². The van der Waals surface area contributed by atoms with Crippen molar-refractivity contribution in [3.63, 3.8) is 0 Å². The summed E-state index contributed by atoms with van der Waals surface area (Å²) < 4.78 is 5.55. The van der Waals surface area contributed by atoms with Gasteiger partial charge in [-0.1, -0.05) is 25.1 Å². The highest BCUT2D eigenvalue weighted by Crippen LogP contribution is 2.16. The van der Waals surface area contributed by atoms with Crippen LogP contribution < -0.4 is 10.1 Å². The molecular weight excluding hydrogens is 230 g/mol. The Bertz CT molecular complexity index is 340. The van der Waals surface area contributed by atoms with E-state index >= 15 is 0 Å². The van der Waals surface area contributed by atoms with Crippen molar-refractivity contribution in [2.45, 2.75) is 32.4 Å². The zero-order valence-corrected chi connectivity index (χ0v) is 11.1. The van der Waals surface area contributed by atoms with Gasteiger partial charge in [-0.2, -0.15) is 0 Å². The van der Waals surface area contributed by atoms with Gasteiger partial charge in [-0.15, -0.1) is 0 Å². The molecule has 0 aliphatic carbocycles. The molecular formula is C14H23NO3. The first-order chi connectivity index (χ1) is 8.67. The molecule has 1 rings (SSSR count). The first-order valence-electron chi connectivity index (χ1n) is 6.38. The largest absolute Gasteiger partial charge is 0.491 e. The number of ether oxygens (including phenoxy) is 1. The lowest BCUT2D eigenvalue weighted by atomic mass is 10.2. The summed E-state index contributed by atoms with van der Waals surface area (Å²) in [6, 6.07) is 7.76. The number of rotatable bonds is 8. The minimum atomic E-state index is -0.579. The van der Waals surface area contributed by atoms with E-state index in [4.69, 9.17) is 9.84 Å². The Kier molecular flexibility index (Phi) is 6.72. The average molecular weight is 253 g/mol. The Hall–Kier alpha value is -1.10. The number of aliphatic hydroxyl groups is 2. The van der Waals surface area contributed by atoms with Gasteiger partial charge in [-0.25, -0.2) is 0 Å². The summed E-state index contributed by atoms with van der Waals surface area (Å²) in [6.45, 7) is 4.72. The summed E-state index contributed by atoms with van der Waals surface area (Å²) >= 11 is 0. The maximum absolute atomic E-state index is 9.77. The van der Waals surface area contributed by atoms with E-state index in [9.17, 15) is 5.11 Å². The maximum atomic E-state index is 9.77. The van der Waals surface area contributed by atoms with Crippen molar-refractivity contribution < 1.29 is 14.9 Å². The third-order valence-electron chi connectivity index (χ3n) is 2.88. The van der Waals surface area contributed by atoms with Crippen molar-refractivity contribution in [2.75, 3.05) is 19.8 Å². The normalized spacial score (nSPS) is 14.2. The van der Waals surface area contributed by atoms with Crippen molar-refractivity contribution in [2.24, 2.45) is 0 Å². The lowest BCUT2D eigenvalue weighted by Crippen LogP contribution is -2.39. The Morgan fingerprint density at radius 1 is 1.33 bits per heavy atom. The van der Waals surface area contributed by atoms with Crippen LogP contribution in [0.3, 0.4) is 0 Å². The van der Waals surface area contributed by atoms with Gasteiger partial charge < -0.3 is 20.3 Å². The molecule has 0 radical (unpaired) electrons. The van der Waals surface area contributed by atoms with Crippen molar-refractivity contribution in [1.82, 2.24) is 5.32 Å². The molecule has 0 aliphatic rings. The monoisotopic (exact) mass is 253 g/mol. The highest BCUT2D eigenvalue weighted by molar-refractivity contribution is 5.31. The SMILES string of the molecule is CC[C@H](CO)NC[C@H](O)COc1ccccc1C. The Morgan fingerprint density at radius 3 is 2.67 bits per heavy atom. The van der Waals surface area contributed by atoms with E-state index in [0.717, 1.165) is 17.7 Å². The summed E-state index contributed by atoms with van der Waals surface area (Å²) in [4.78, 5) is 0. The summed E-state index contributed by atoms with van der Waals surface area (Å²) in [5, 5.41) is 21.9. The molecule has 0 fully saturated rings. The molecule has 18 heavy (non-hydrogen) atoms. The van der Waals surface area contributed by atoms with Crippen molar-refractivity contribution in [1.29, 1.82) is 0 Å². The lowest BCUT2D eigenvalue weighted by Gasteiger charge is -2.18. The smallest absolute Gasteiger partial charge is 0.122 e. The Labute approximate surface area is 109 Å². The van der Waals surface area contributed by atoms with Crippen LogP contribution in [0.4, 0.5) is 0 Å². The molecule has 0 aliphatic heterocycles. The second-order valence-corrected chi connectivity index (χ2v) is 4.43. The van der Waals surface area contributed by atoms with Crippen molar-refractivity contribution in [3.8, 4) is 5.75 Å². The van der Waals surface area contributed by atoms with Crippen LogP contribution in [-0.4, -0.2) is 42.1 Å². The van der Waals surface area contributed by atoms with Crippen LogP contribution in [0.5, 0.6) is 5.75 Å². The highest BCUT2D eigenvalue weighted by atomic mass is 16.5. The topological polar surface area (TPSA) is 61.7 Å². The molecule has 0 spiro atoms. The zero-order chi connectivity index (χ0) is 13.4. The fraction of sp³-hybridized carbons (Fsp3) is 0.571. The third kappa shape index (κ3) is 5.04. The van der Waals surface area contributed by atoms with Gasteiger partial charge in [0.2, 0.25) is 0 Å². The van der Waals surface area contributed by atoms with E-state index in [2.05, 4.69) is 5.32 Å². The summed E-state index contributed by atoms with van der Waals surface area (Å²) in [5.74, 6) is 0.797. The molecule has 2 atom stereocenters. The molecule has 102 valence electrons. The second-order valence-electron chi connectivity index (χ2n) is 4.43. The number of hydrogen-bond acceptors (Lipinski definition) is 4. The third-order valence-corrected chi connectivity index (χ3v) is 2.88. The summed E-state index contributed by atoms with van der Waals surface area (Å²) in [5.41, 5.74) is 1.06. The number of aliphatic hydroxyl groups excluding tert-OH is 2. The molecule has 0 bridgehead atoms. The lowest BCUT2D eigenvalue weighted by molar-refractivity contribution is 0.0991. The van der Waals surface area contributed by atoms with Crippen LogP contribution in [0.1, 0.15) is 18.9 Å². The molecule has 0 amide bonds. The fourth-order valence-corrected chi connectivity index (χ4v) is 1.60. The predicted octanol–water partition coefficient (Wildman–Crippen LogP) is 1.10. The summed E-state index contributed by atoms with van der Waals surface area (Å²) in [6.07, 6.45) is 0.257. The van der Waals surface area contributed by atoms with E-state index in [1.807, 2.05) is 38.1 Å². The second kappa shape index (κ2) is 8.08. The minimum absolute atomic E-state index is 0.0399. The van der Waals surface area contributed by atoms with Crippen LogP contribution in [0.25, 0.3) is 0 Å². The highest BCUT2D eigenvalue weighted by Gasteiger charge is 2.09. The van der Waals surface area contributed by atoms with E-state index in [-0.39, 0.29) is 19.3 Å². The van der Waals surface area contributed by atoms with Crippen LogP contribution >= 0.6 is 0 Å². The molecule has 4 heteroatoms. The minimum Gasteiger partial charge on any atom is -0.491 e. The molecule has 3 N–H and O–H groups in total. The molecule has 0 saturated heterocycles. The van der Waals surface area contributed by atoms with Crippen LogP contribution in [0, 0.1) is 6.92 Å². The standard InChI is InChI=1S/C14H23NO3/c1-3-12(9-16)15-8-13(17)10-18-14-7-5-4-6-11(14)2/h4-7,12-13,15-17H,3,8-10H2,1-2H3/t12-,13+/m1/s1. The Morgan fingerprint density at radius 2 is 2.06 bits per heavy atom. The van der Waals surface area contributed by atoms with Gasteiger partial charge >= 0.3 is 0 Å². The number of para-hydroxylation sites is 1. The number of hydrogen-bond donors (Lipinski definition) is 3. The average Bonchev–Trinajstić information content (AvgIpc) is 2.39. The van der Waals surface area contributed by atoms with Crippen LogP contribution in [0.2, 0.25) is 0 Å². The number of benzene rings is 1. The quantitative estimate of drug-likeness (QED) is 0.649. The van der Waals surface area contributed by atoms with Gasteiger partial charge in [0, 0.05) is 12.6 Å². The first-order valence-corrected chi connectivity index (χ1v) is 6.38. The van der Waals surface area contributed by atoms with E-state index in [1.54, 1.807) is 0 Å². The molecule has 0 saturated carbocycles. The first kappa shape index (κ1) is 15.0. The van der Waals surface area contributed by atoms with Crippen molar-refractivity contribution >= 4 is 0 Å². The number of nitrogens with one attached hydrogen (secondary N) is 1. The van der Waals surface area contributed by atoms with Gasteiger partial charge in [0.15, 0.2) is 0 Å². The molecule has 1 aromatic carbocycles. The molecule has 4 nitrogen and oxygen atoms in total. The van der Waals surface area contributed by atoms with Crippen molar-refractivity contribution in [3.05, 3.63) is 29.8 Å².